The maximum atomic E-state index is 8.14. The van der Waals surface area contributed by atoms with Crippen molar-refractivity contribution in [1.82, 2.24) is 9.80 Å². The Balaban J connectivity index is 0.947. The van der Waals surface area contributed by atoms with E-state index in [-0.39, 0.29) is 24.7 Å². The summed E-state index contributed by atoms with van der Waals surface area (Å²) in [6.45, 7) is 1.03. The van der Waals surface area contributed by atoms with Gasteiger partial charge in [-0.2, -0.15) is 0 Å². The van der Waals surface area contributed by atoms with E-state index in [0.717, 1.165) is 65.9 Å². The van der Waals surface area contributed by atoms with Crippen molar-refractivity contribution in [2.45, 2.75) is 148 Å². The van der Waals surface area contributed by atoms with Crippen molar-refractivity contribution < 1.29 is 9.47 Å². The Kier molecular flexibility index (Phi) is 7.05. The molecule has 4 aromatic carbocycles. The SMILES string of the molecule is c1ccc(-c2cccc(B(c3cccc(-c4ccccc4)c3)C3C4OC5CCCC6C7CCC8C9CCC%10C%11CCCC%12OC3C3C%13B(C8C7N(C56)C4%13)C9C%10N3C%12%11)c2)cc1. The largest absolute Gasteiger partial charge is 0.372 e. The summed E-state index contributed by atoms with van der Waals surface area (Å²) >= 11 is 0. The smallest absolute Gasteiger partial charge is 0.217 e. The Labute approximate surface area is 357 Å². The van der Waals surface area contributed by atoms with Crippen LogP contribution in [-0.2, 0) is 9.47 Å². The molecule has 7 heterocycles. The van der Waals surface area contributed by atoms with E-state index in [1.807, 2.05) is 0 Å². The normalized spacial score (nSPS) is 47.7. The van der Waals surface area contributed by atoms with Crippen LogP contribution in [0.3, 0.4) is 0 Å². The molecule has 12 aliphatic rings. The van der Waals surface area contributed by atoms with E-state index in [4.69, 9.17) is 9.47 Å². The van der Waals surface area contributed by atoms with Crippen LogP contribution in [0.4, 0.5) is 0 Å². The Morgan fingerprint density at radius 3 is 1.37 bits per heavy atom. The number of fused-ring (bicyclic) bond motifs is 3. The second-order valence-corrected chi connectivity index (χ2v) is 22.5. The Morgan fingerprint density at radius 2 is 0.867 bits per heavy atom. The third-order valence-electron chi connectivity index (χ3n) is 21.0. The zero-order valence-corrected chi connectivity index (χ0v) is 34.9. The van der Waals surface area contributed by atoms with Gasteiger partial charge in [-0.3, -0.25) is 9.80 Å². The minimum absolute atomic E-state index is 0.161. The van der Waals surface area contributed by atoms with E-state index in [1.54, 1.807) is 0 Å². The summed E-state index contributed by atoms with van der Waals surface area (Å²) in [6, 6.07) is 45.7. The van der Waals surface area contributed by atoms with Gasteiger partial charge < -0.3 is 9.47 Å². The zero-order chi connectivity index (χ0) is 38.5. The van der Waals surface area contributed by atoms with Gasteiger partial charge in [0.15, 0.2) is 6.71 Å². The topological polar surface area (TPSA) is 24.9 Å². The lowest BCUT2D eigenvalue weighted by atomic mass is 9.19. The highest BCUT2D eigenvalue weighted by Crippen LogP contribution is 2.78. The minimum atomic E-state index is 0.161. The molecule has 4 nitrogen and oxygen atoms in total. The van der Waals surface area contributed by atoms with Crippen LogP contribution in [0, 0.1) is 35.5 Å². The van der Waals surface area contributed by atoms with Gasteiger partial charge in [-0.15, -0.1) is 0 Å². The molecule has 7 aliphatic heterocycles. The standard InChI is InChI=1S/C54H58B2N2O2/c1-3-11-29(12-4-1)31-15-7-17-33(27-31)55(34-18-8-16-32(28-34)30-13-5-2-6-14-30)46-53-51-45-52-54(46)60-42-22-10-20-38-40-26-24-36-35-23-25-39-37-19-9-21-41(59-53)47(37)57(51)49(39)43(35)56(45)44(36)50(40)58(52)48(38)42/h1-8,11-18,27-28,35-54H,9-10,19-26H2. The van der Waals surface area contributed by atoms with E-state index in [9.17, 15) is 0 Å². The second-order valence-electron chi connectivity index (χ2n) is 22.5. The van der Waals surface area contributed by atoms with E-state index in [0.29, 0.717) is 42.2 Å². The molecule has 60 heavy (non-hydrogen) atoms. The number of benzene rings is 4. The van der Waals surface area contributed by atoms with Crippen molar-refractivity contribution >= 4 is 24.4 Å². The average molecular weight is 789 g/mol. The number of hydrogen-bond donors (Lipinski definition) is 0. The molecular formula is C54H58B2N2O2. The van der Waals surface area contributed by atoms with Crippen LogP contribution < -0.4 is 10.9 Å². The summed E-state index contributed by atoms with van der Waals surface area (Å²) in [7, 11) is 0. The van der Waals surface area contributed by atoms with Gasteiger partial charge in [0.05, 0.1) is 24.4 Å². The van der Waals surface area contributed by atoms with Gasteiger partial charge in [0.25, 0.3) is 0 Å². The molecule has 0 aromatic heterocycles. The van der Waals surface area contributed by atoms with E-state index < -0.39 is 0 Å². The van der Waals surface area contributed by atoms with Gasteiger partial charge in [-0.25, -0.2) is 0 Å². The third kappa shape index (κ3) is 4.19. The van der Waals surface area contributed by atoms with Crippen molar-refractivity contribution in [2.75, 3.05) is 0 Å². The van der Waals surface area contributed by atoms with Gasteiger partial charge in [-0.1, -0.05) is 146 Å². The fraction of sp³-hybridized carbons (Fsp3) is 0.556. The maximum Gasteiger partial charge on any atom is 0.217 e. The van der Waals surface area contributed by atoms with Crippen LogP contribution >= 0.6 is 0 Å². The average Bonchev–Trinajstić information content (AvgIpc) is 3.96. The number of nitrogens with zero attached hydrogens (tertiary/aromatic N) is 2. The van der Waals surface area contributed by atoms with Crippen molar-refractivity contribution in [3.05, 3.63) is 109 Å². The molecule has 302 valence electrons. The quantitative estimate of drug-likeness (QED) is 0.189. The first kappa shape index (κ1) is 34.3. The zero-order valence-electron chi connectivity index (χ0n) is 34.9. The first-order valence-corrected chi connectivity index (χ1v) is 25.0. The van der Waals surface area contributed by atoms with Crippen molar-refractivity contribution in [3.63, 3.8) is 0 Å². The number of ether oxygens (including phenoxy) is 2. The molecule has 0 bridgehead atoms. The summed E-state index contributed by atoms with van der Waals surface area (Å²) in [5, 5.41) is 0. The molecule has 5 saturated carbocycles. The predicted molar refractivity (Wildman–Crippen MR) is 240 cm³/mol. The molecule has 0 amide bonds. The third-order valence-corrected chi connectivity index (χ3v) is 21.0. The lowest BCUT2D eigenvalue weighted by Crippen LogP contribution is -2.83. The molecule has 12 fully saturated rings. The summed E-state index contributed by atoms with van der Waals surface area (Å²) < 4.78 is 16.3. The lowest BCUT2D eigenvalue weighted by molar-refractivity contribution is -0.244. The first-order valence-electron chi connectivity index (χ1n) is 25.0. The highest BCUT2D eigenvalue weighted by molar-refractivity contribution is 6.86. The van der Waals surface area contributed by atoms with Gasteiger partial charge >= 0.3 is 0 Å². The molecule has 5 aliphatic carbocycles. The molecular weight excluding hydrogens is 730 g/mol. The van der Waals surface area contributed by atoms with Gasteiger partial charge in [0.1, 0.15) is 0 Å². The van der Waals surface area contributed by atoms with Crippen LogP contribution in [-0.4, -0.2) is 83.9 Å². The minimum Gasteiger partial charge on any atom is -0.372 e. The molecule has 16 rings (SSSR count). The summed E-state index contributed by atoms with van der Waals surface area (Å²) in [5.74, 6) is 8.17. The Morgan fingerprint density at radius 1 is 0.417 bits per heavy atom. The molecule has 0 radical (unpaired) electrons. The molecule has 18 atom stereocenters. The fourth-order valence-electron chi connectivity index (χ4n) is 20.1. The van der Waals surface area contributed by atoms with Crippen LogP contribution in [0.15, 0.2) is 109 Å². The Hall–Kier alpha value is -3.15. The van der Waals surface area contributed by atoms with Crippen LogP contribution in [0.2, 0.25) is 23.3 Å². The lowest BCUT2D eigenvalue weighted by Gasteiger charge is -2.72. The summed E-state index contributed by atoms with van der Waals surface area (Å²) in [6.07, 6.45) is 15.2. The molecule has 6 heteroatoms. The van der Waals surface area contributed by atoms with Crippen molar-refractivity contribution in [1.29, 1.82) is 0 Å². The summed E-state index contributed by atoms with van der Waals surface area (Å²) in [4.78, 5) is 6.75. The molecule has 7 saturated heterocycles. The van der Waals surface area contributed by atoms with E-state index >= 15 is 0 Å². The number of morpholine rings is 2. The second kappa shape index (κ2) is 12.3. The molecule has 0 spiro atoms. The maximum absolute atomic E-state index is 8.14. The Bertz CT molecular complexity index is 2220. The van der Waals surface area contributed by atoms with Crippen LogP contribution in [0.5, 0.6) is 0 Å². The van der Waals surface area contributed by atoms with Crippen molar-refractivity contribution in [3.8, 4) is 22.3 Å². The summed E-state index contributed by atoms with van der Waals surface area (Å²) in [5.41, 5.74) is 8.14. The predicted octanol–water partition coefficient (Wildman–Crippen LogP) is 8.69. The van der Waals surface area contributed by atoms with Gasteiger partial charge in [0, 0.05) is 42.1 Å². The molecule has 18 unspecified atom stereocenters. The van der Waals surface area contributed by atoms with Gasteiger partial charge in [-0.05, 0) is 114 Å². The fourth-order valence-corrected chi connectivity index (χ4v) is 20.1. The monoisotopic (exact) mass is 788 g/mol. The van der Waals surface area contributed by atoms with Gasteiger partial charge in [0.2, 0.25) is 6.71 Å². The highest BCUT2D eigenvalue weighted by Gasteiger charge is 2.82. The van der Waals surface area contributed by atoms with Crippen LogP contribution in [0.25, 0.3) is 22.3 Å². The first-order chi connectivity index (χ1) is 29.8. The van der Waals surface area contributed by atoms with Crippen molar-refractivity contribution in [2.24, 2.45) is 35.5 Å². The van der Waals surface area contributed by atoms with Crippen LogP contribution in [0.1, 0.15) is 64.2 Å². The number of rotatable bonds is 5. The highest BCUT2D eigenvalue weighted by atomic mass is 16.5. The number of hydrogen-bond acceptors (Lipinski definition) is 4. The van der Waals surface area contributed by atoms with E-state index in [2.05, 4.69) is 119 Å². The molecule has 4 aromatic rings. The molecule has 0 N–H and O–H groups in total. The van der Waals surface area contributed by atoms with E-state index in [1.165, 1.54) is 97.4 Å².